The topological polar surface area (TPSA) is 87.8 Å². The number of aliphatic hydroxyl groups excluding tert-OH is 1. The molecule has 0 amide bonds. The first-order valence-electron chi connectivity index (χ1n) is 6.24. The molecule has 5 heteroatoms. The van der Waals surface area contributed by atoms with Gasteiger partial charge in [0.2, 0.25) is 0 Å². The van der Waals surface area contributed by atoms with Gasteiger partial charge >= 0.3 is 0 Å². The molecule has 20 heavy (non-hydrogen) atoms. The van der Waals surface area contributed by atoms with Gasteiger partial charge in [0.1, 0.15) is 11.6 Å². The molecule has 0 spiro atoms. The molecule has 4 N–H and O–H groups in total. The summed E-state index contributed by atoms with van der Waals surface area (Å²) >= 11 is 0. The molecule has 0 aliphatic rings. The number of nitrogens with one attached hydrogen (secondary N) is 1. The Morgan fingerprint density at radius 1 is 1.10 bits per heavy atom. The van der Waals surface area contributed by atoms with Crippen molar-refractivity contribution in [1.29, 1.82) is 0 Å². The van der Waals surface area contributed by atoms with Crippen molar-refractivity contribution in [1.82, 2.24) is 15.0 Å². The van der Waals surface area contributed by atoms with E-state index in [-0.39, 0.29) is 6.61 Å². The number of hydrogen-bond donors (Lipinski definition) is 3. The molecule has 3 aromatic rings. The molecule has 0 aliphatic heterocycles. The van der Waals surface area contributed by atoms with Crippen LogP contribution in [0.2, 0.25) is 0 Å². The average molecular weight is 266 g/mol. The minimum Gasteiger partial charge on any atom is -0.392 e. The lowest BCUT2D eigenvalue weighted by Gasteiger charge is -2.01. The number of anilines is 1. The Labute approximate surface area is 116 Å². The molecule has 100 valence electrons. The normalized spacial score (nSPS) is 10.7. The van der Waals surface area contributed by atoms with Gasteiger partial charge in [-0.25, -0.2) is 9.97 Å². The standard InChI is InChI=1S/C15H14N4O/c16-14-12(2-1-7-17-14)15-18-8-13(19-15)11-5-3-10(9-20)4-6-11/h1-8,20H,9H2,(H2,16,17)(H,18,19). The number of hydrogen-bond acceptors (Lipinski definition) is 4. The summed E-state index contributed by atoms with van der Waals surface area (Å²) in [7, 11) is 0. The number of H-pyrrole nitrogens is 1. The molecular weight excluding hydrogens is 252 g/mol. The number of imidazole rings is 1. The van der Waals surface area contributed by atoms with Gasteiger partial charge in [-0.2, -0.15) is 0 Å². The van der Waals surface area contributed by atoms with E-state index in [1.807, 2.05) is 36.4 Å². The van der Waals surface area contributed by atoms with Crippen molar-refractivity contribution in [3.63, 3.8) is 0 Å². The maximum atomic E-state index is 9.04. The molecule has 2 heterocycles. The number of pyridine rings is 1. The summed E-state index contributed by atoms with van der Waals surface area (Å²) in [6.07, 6.45) is 3.41. The van der Waals surface area contributed by atoms with E-state index in [9.17, 15) is 0 Å². The summed E-state index contributed by atoms with van der Waals surface area (Å²) in [5, 5.41) is 9.04. The lowest BCUT2D eigenvalue weighted by atomic mass is 10.1. The smallest absolute Gasteiger partial charge is 0.141 e. The minimum absolute atomic E-state index is 0.0424. The first-order chi connectivity index (χ1) is 9.78. The van der Waals surface area contributed by atoms with Crippen LogP contribution in [-0.2, 0) is 6.61 Å². The second-order valence-corrected chi connectivity index (χ2v) is 4.44. The van der Waals surface area contributed by atoms with Crippen molar-refractivity contribution in [3.05, 3.63) is 54.4 Å². The number of nitrogens with two attached hydrogens (primary N) is 1. The van der Waals surface area contributed by atoms with Crippen molar-refractivity contribution in [2.24, 2.45) is 0 Å². The number of benzene rings is 1. The molecule has 3 rings (SSSR count). The van der Waals surface area contributed by atoms with E-state index in [4.69, 9.17) is 10.8 Å². The third-order valence-electron chi connectivity index (χ3n) is 3.12. The first-order valence-corrected chi connectivity index (χ1v) is 6.24. The Morgan fingerprint density at radius 3 is 2.60 bits per heavy atom. The lowest BCUT2D eigenvalue weighted by Crippen LogP contribution is -1.94. The highest BCUT2D eigenvalue weighted by atomic mass is 16.3. The summed E-state index contributed by atoms with van der Waals surface area (Å²) in [6, 6.07) is 11.3. The molecule has 0 saturated carbocycles. The maximum Gasteiger partial charge on any atom is 0.141 e. The Hall–Kier alpha value is -2.66. The van der Waals surface area contributed by atoms with Gasteiger partial charge in [-0.3, -0.25) is 0 Å². The van der Waals surface area contributed by atoms with Crippen LogP contribution in [0.5, 0.6) is 0 Å². The van der Waals surface area contributed by atoms with Crippen LogP contribution in [0.4, 0.5) is 5.82 Å². The van der Waals surface area contributed by atoms with Gasteiger partial charge in [-0.1, -0.05) is 24.3 Å². The van der Waals surface area contributed by atoms with Gasteiger partial charge in [-0.15, -0.1) is 0 Å². The number of rotatable bonds is 3. The molecule has 0 unspecified atom stereocenters. The van der Waals surface area contributed by atoms with Gasteiger partial charge in [-0.05, 0) is 23.3 Å². The zero-order valence-electron chi connectivity index (χ0n) is 10.7. The molecule has 0 saturated heterocycles. The van der Waals surface area contributed by atoms with E-state index >= 15 is 0 Å². The van der Waals surface area contributed by atoms with Crippen molar-refractivity contribution < 1.29 is 5.11 Å². The Kier molecular flexibility index (Phi) is 3.18. The SMILES string of the molecule is Nc1ncccc1-c1ncc(-c2ccc(CO)cc2)[nH]1. The molecule has 0 aliphatic carbocycles. The molecular formula is C15H14N4O. The number of nitrogens with zero attached hydrogens (tertiary/aromatic N) is 2. The van der Waals surface area contributed by atoms with Crippen LogP contribution in [0.15, 0.2) is 48.8 Å². The van der Waals surface area contributed by atoms with Crippen molar-refractivity contribution >= 4 is 5.82 Å². The van der Waals surface area contributed by atoms with Gasteiger partial charge in [0.05, 0.1) is 24.1 Å². The molecule has 1 aromatic carbocycles. The number of aromatic nitrogens is 3. The van der Waals surface area contributed by atoms with Crippen LogP contribution in [0.3, 0.4) is 0 Å². The summed E-state index contributed by atoms with van der Waals surface area (Å²) in [5.41, 5.74) is 9.40. The summed E-state index contributed by atoms with van der Waals surface area (Å²) in [6.45, 7) is 0.0424. The van der Waals surface area contributed by atoms with Crippen molar-refractivity contribution in [3.8, 4) is 22.6 Å². The highest BCUT2D eigenvalue weighted by Gasteiger charge is 2.08. The highest BCUT2D eigenvalue weighted by Crippen LogP contribution is 2.24. The highest BCUT2D eigenvalue weighted by molar-refractivity contribution is 5.71. The molecule has 2 aromatic heterocycles. The van der Waals surface area contributed by atoms with Crippen LogP contribution < -0.4 is 5.73 Å². The summed E-state index contributed by atoms with van der Waals surface area (Å²) in [5.74, 6) is 1.14. The lowest BCUT2D eigenvalue weighted by molar-refractivity contribution is 0.282. The zero-order valence-corrected chi connectivity index (χ0v) is 10.7. The third kappa shape index (κ3) is 2.26. The number of aromatic amines is 1. The van der Waals surface area contributed by atoms with Crippen LogP contribution in [0, 0.1) is 0 Å². The van der Waals surface area contributed by atoms with Crippen molar-refractivity contribution in [2.45, 2.75) is 6.61 Å². The Bertz CT molecular complexity index is 719. The fourth-order valence-corrected chi connectivity index (χ4v) is 2.01. The predicted molar refractivity (Wildman–Crippen MR) is 77.6 cm³/mol. The van der Waals surface area contributed by atoms with Crippen LogP contribution in [-0.4, -0.2) is 20.1 Å². The van der Waals surface area contributed by atoms with Gasteiger partial charge in [0.25, 0.3) is 0 Å². The first kappa shape index (κ1) is 12.4. The van der Waals surface area contributed by atoms with E-state index in [1.54, 1.807) is 12.4 Å². The minimum atomic E-state index is 0.0424. The second-order valence-electron chi connectivity index (χ2n) is 4.44. The number of aliphatic hydroxyl groups is 1. The molecule has 5 nitrogen and oxygen atoms in total. The molecule has 0 radical (unpaired) electrons. The fraction of sp³-hybridized carbons (Fsp3) is 0.0667. The quantitative estimate of drug-likeness (QED) is 0.678. The average Bonchev–Trinajstić information content (AvgIpc) is 2.97. The maximum absolute atomic E-state index is 9.04. The molecule has 0 bridgehead atoms. The van der Waals surface area contributed by atoms with E-state index in [0.717, 1.165) is 22.4 Å². The zero-order chi connectivity index (χ0) is 13.9. The summed E-state index contributed by atoms with van der Waals surface area (Å²) in [4.78, 5) is 11.6. The Morgan fingerprint density at radius 2 is 1.90 bits per heavy atom. The Balaban J connectivity index is 1.95. The van der Waals surface area contributed by atoms with Crippen molar-refractivity contribution in [2.75, 3.05) is 5.73 Å². The molecule has 0 fully saturated rings. The molecule has 0 atom stereocenters. The van der Waals surface area contributed by atoms with Gasteiger partial charge < -0.3 is 15.8 Å². The van der Waals surface area contributed by atoms with Crippen LogP contribution in [0.25, 0.3) is 22.6 Å². The van der Waals surface area contributed by atoms with E-state index < -0.39 is 0 Å². The number of nitrogen functional groups attached to an aromatic ring is 1. The monoisotopic (exact) mass is 266 g/mol. The second kappa shape index (κ2) is 5.14. The predicted octanol–water partition coefficient (Wildman–Crippen LogP) is 2.21. The van der Waals surface area contributed by atoms with E-state index in [1.165, 1.54) is 0 Å². The largest absolute Gasteiger partial charge is 0.392 e. The summed E-state index contributed by atoms with van der Waals surface area (Å²) < 4.78 is 0. The van der Waals surface area contributed by atoms with E-state index in [2.05, 4.69) is 15.0 Å². The fourth-order valence-electron chi connectivity index (χ4n) is 2.01. The van der Waals surface area contributed by atoms with E-state index in [0.29, 0.717) is 11.6 Å². The van der Waals surface area contributed by atoms with Crippen LogP contribution in [0.1, 0.15) is 5.56 Å². The van der Waals surface area contributed by atoms with Gasteiger partial charge in [0, 0.05) is 6.20 Å². The van der Waals surface area contributed by atoms with Crippen LogP contribution >= 0.6 is 0 Å². The third-order valence-corrected chi connectivity index (χ3v) is 3.12. The van der Waals surface area contributed by atoms with Gasteiger partial charge in [0.15, 0.2) is 0 Å².